The lowest BCUT2D eigenvalue weighted by Crippen LogP contribution is -2.26. The van der Waals surface area contributed by atoms with E-state index in [1.54, 1.807) is 58.2 Å². The second kappa shape index (κ2) is 14.4. The summed E-state index contributed by atoms with van der Waals surface area (Å²) in [5, 5.41) is 12.9. The molecule has 1 N–H and O–H groups in total. The van der Waals surface area contributed by atoms with Crippen molar-refractivity contribution < 1.29 is 27.9 Å². The number of carbonyl (C=O) groups is 1. The summed E-state index contributed by atoms with van der Waals surface area (Å²) < 4.78 is 35.9. The molecule has 0 bridgehead atoms. The summed E-state index contributed by atoms with van der Waals surface area (Å²) in [6.45, 7) is 9.64. The maximum absolute atomic E-state index is 14.0. The van der Waals surface area contributed by atoms with Crippen molar-refractivity contribution in [1.29, 1.82) is 5.26 Å². The molecule has 1 aromatic rings. The summed E-state index contributed by atoms with van der Waals surface area (Å²) >= 11 is 1.13. The Morgan fingerprint density at radius 1 is 1.12 bits per heavy atom. The average molecular weight is 485 g/mol. The van der Waals surface area contributed by atoms with Crippen LogP contribution in [-0.4, -0.2) is 44.3 Å². The summed E-state index contributed by atoms with van der Waals surface area (Å²) in [6, 6.07) is 10.9. The van der Waals surface area contributed by atoms with Gasteiger partial charge >= 0.3 is 13.6 Å². The van der Waals surface area contributed by atoms with Crippen molar-refractivity contribution in [2.75, 3.05) is 26.1 Å². The van der Waals surface area contributed by atoms with Gasteiger partial charge in [0.15, 0.2) is 11.4 Å². The predicted octanol–water partition coefficient (Wildman–Crippen LogP) is 5.00. The van der Waals surface area contributed by atoms with Gasteiger partial charge in [-0.3, -0.25) is 4.57 Å². The van der Waals surface area contributed by atoms with Gasteiger partial charge in [0.25, 0.3) is 0 Å². The third-order valence-corrected chi connectivity index (χ3v) is 7.05. The van der Waals surface area contributed by atoms with Gasteiger partial charge in [0.2, 0.25) is 0 Å². The van der Waals surface area contributed by atoms with Crippen LogP contribution in [0, 0.1) is 11.3 Å². The van der Waals surface area contributed by atoms with Crippen molar-refractivity contribution in [3.8, 4) is 6.07 Å². The Labute approximate surface area is 195 Å². The molecule has 0 saturated heterocycles. The molecule has 0 aromatic heterocycles. The molecule has 1 rings (SSSR count). The first kappa shape index (κ1) is 28.2. The summed E-state index contributed by atoms with van der Waals surface area (Å²) in [4.78, 5) is 12.5. The van der Waals surface area contributed by atoms with Crippen molar-refractivity contribution in [3.63, 3.8) is 0 Å². The second-order valence-electron chi connectivity index (χ2n) is 7.16. The quantitative estimate of drug-likeness (QED) is 0.128. The van der Waals surface area contributed by atoms with E-state index in [2.05, 4.69) is 5.32 Å². The Hall–Kier alpha value is -1.82. The summed E-state index contributed by atoms with van der Waals surface area (Å²) in [6.07, 6.45) is 0.939. The van der Waals surface area contributed by atoms with Crippen LogP contribution in [0.1, 0.15) is 46.0 Å². The lowest BCUT2D eigenvalue weighted by molar-refractivity contribution is -0.140. The molecule has 0 spiro atoms. The van der Waals surface area contributed by atoms with Gasteiger partial charge in [0, 0.05) is 6.61 Å². The third kappa shape index (κ3) is 8.97. The van der Waals surface area contributed by atoms with Crippen LogP contribution in [0.25, 0.3) is 0 Å². The number of carbonyl (C=O) groups excluding carboxylic acids is 1. The predicted molar refractivity (Wildman–Crippen MR) is 126 cm³/mol. The van der Waals surface area contributed by atoms with Crippen molar-refractivity contribution in [1.82, 2.24) is 5.32 Å². The Morgan fingerprint density at radius 2 is 1.72 bits per heavy atom. The zero-order valence-electron chi connectivity index (χ0n) is 19.5. The lowest BCUT2D eigenvalue weighted by atomic mass is 10.2. The standard InChI is InChI=1S/C22H33N2O6PS/c1-7-27-13-14-28-22(25)19(15-23)21(32-6)24-20(18-11-9-8-10-12-18)31(26,29-16(2)3)30-17(4)5/h8-12,16-17,20,24H,7,13-14H2,1-6H3/b21-19+. The molecule has 10 heteroatoms. The first-order chi connectivity index (χ1) is 15.2. The minimum atomic E-state index is -3.78. The normalized spacial score (nSPS) is 13.5. The lowest BCUT2D eigenvalue weighted by Gasteiger charge is -2.31. The van der Waals surface area contributed by atoms with Gasteiger partial charge in [-0.05, 0) is 46.4 Å². The van der Waals surface area contributed by atoms with Crippen LogP contribution < -0.4 is 5.32 Å². The number of hydrogen-bond acceptors (Lipinski definition) is 9. The molecule has 1 unspecified atom stereocenters. The van der Waals surface area contributed by atoms with Crippen molar-refractivity contribution in [2.24, 2.45) is 0 Å². The average Bonchev–Trinajstić information content (AvgIpc) is 2.73. The highest BCUT2D eigenvalue weighted by molar-refractivity contribution is 8.02. The molecule has 1 aromatic carbocycles. The van der Waals surface area contributed by atoms with E-state index in [1.165, 1.54) is 0 Å². The molecule has 1 atom stereocenters. The molecule has 178 valence electrons. The van der Waals surface area contributed by atoms with E-state index < -0.39 is 19.3 Å². The fourth-order valence-electron chi connectivity index (χ4n) is 2.67. The summed E-state index contributed by atoms with van der Waals surface area (Å²) in [5.41, 5.74) is 0.404. The summed E-state index contributed by atoms with van der Waals surface area (Å²) in [5.74, 6) is -1.74. The number of rotatable bonds is 14. The van der Waals surface area contributed by atoms with Crippen LogP contribution in [0.4, 0.5) is 0 Å². The van der Waals surface area contributed by atoms with Crippen LogP contribution >= 0.6 is 19.4 Å². The minimum absolute atomic E-state index is 0.0209. The van der Waals surface area contributed by atoms with E-state index in [0.717, 1.165) is 11.8 Å². The first-order valence-electron chi connectivity index (χ1n) is 10.4. The molecule has 0 radical (unpaired) electrons. The van der Waals surface area contributed by atoms with Gasteiger partial charge in [0.05, 0.1) is 23.8 Å². The number of benzene rings is 1. The Kier molecular flexibility index (Phi) is 12.7. The van der Waals surface area contributed by atoms with Gasteiger partial charge in [-0.25, -0.2) is 4.79 Å². The number of nitrogens with one attached hydrogen (secondary N) is 1. The zero-order chi connectivity index (χ0) is 24.1. The van der Waals surface area contributed by atoms with Gasteiger partial charge in [-0.2, -0.15) is 5.26 Å². The van der Waals surface area contributed by atoms with Crippen molar-refractivity contribution in [2.45, 2.75) is 52.6 Å². The third-order valence-electron chi connectivity index (χ3n) is 3.83. The fourth-order valence-corrected chi connectivity index (χ4v) is 5.62. The molecule has 0 amide bonds. The minimum Gasteiger partial charge on any atom is -0.459 e. The molecule has 0 heterocycles. The number of thioether (sulfide) groups is 1. The van der Waals surface area contributed by atoms with E-state index in [-0.39, 0.29) is 36.0 Å². The molecule has 0 aliphatic carbocycles. The van der Waals surface area contributed by atoms with E-state index in [9.17, 15) is 14.6 Å². The van der Waals surface area contributed by atoms with Gasteiger partial charge in [-0.15, -0.1) is 11.8 Å². The number of nitriles is 1. The Bertz CT molecular complexity index is 825. The highest BCUT2D eigenvalue weighted by Crippen LogP contribution is 2.61. The molecule has 32 heavy (non-hydrogen) atoms. The molecule has 8 nitrogen and oxygen atoms in total. The van der Waals surface area contributed by atoms with E-state index in [0.29, 0.717) is 12.2 Å². The van der Waals surface area contributed by atoms with Crippen molar-refractivity contribution >= 4 is 25.3 Å². The zero-order valence-corrected chi connectivity index (χ0v) is 21.2. The van der Waals surface area contributed by atoms with E-state index >= 15 is 0 Å². The summed E-state index contributed by atoms with van der Waals surface area (Å²) in [7, 11) is -3.78. The highest BCUT2D eigenvalue weighted by Gasteiger charge is 2.40. The van der Waals surface area contributed by atoms with Crippen LogP contribution in [-0.2, 0) is 27.9 Å². The Morgan fingerprint density at radius 3 is 2.19 bits per heavy atom. The van der Waals surface area contributed by atoms with Crippen molar-refractivity contribution in [3.05, 3.63) is 46.5 Å². The van der Waals surface area contributed by atoms with Crippen LogP contribution in [0.3, 0.4) is 0 Å². The van der Waals surface area contributed by atoms with Gasteiger partial charge in [0.1, 0.15) is 12.7 Å². The topological polar surface area (TPSA) is 107 Å². The maximum Gasteiger partial charge on any atom is 0.357 e. The molecular weight excluding hydrogens is 451 g/mol. The smallest absolute Gasteiger partial charge is 0.357 e. The molecule has 0 fully saturated rings. The number of ether oxygens (including phenoxy) is 2. The van der Waals surface area contributed by atoms with Gasteiger partial charge in [-0.1, -0.05) is 30.3 Å². The number of esters is 1. The van der Waals surface area contributed by atoms with Crippen LogP contribution in [0.15, 0.2) is 40.9 Å². The molecular formula is C22H33N2O6PS. The first-order valence-corrected chi connectivity index (χ1v) is 13.2. The number of hydrogen-bond donors (Lipinski definition) is 1. The van der Waals surface area contributed by atoms with Crippen LogP contribution in [0.5, 0.6) is 0 Å². The molecule has 0 saturated carbocycles. The van der Waals surface area contributed by atoms with Crippen LogP contribution in [0.2, 0.25) is 0 Å². The van der Waals surface area contributed by atoms with E-state index in [4.69, 9.17) is 18.5 Å². The SMILES string of the molecule is CCOCCOC(=O)/C(C#N)=C(\NC(c1ccccc1)P(=O)(OC(C)C)OC(C)C)SC. The highest BCUT2D eigenvalue weighted by atomic mass is 32.2. The fraction of sp³-hybridized carbons (Fsp3) is 0.545. The monoisotopic (exact) mass is 484 g/mol. The van der Waals surface area contributed by atoms with E-state index in [1.807, 2.05) is 19.1 Å². The van der Waals surface area contributed by atoms with Gasteiger partial charge < -0.3 is 23.8 Å². The number of nitrogens with zero attached hydrogens (tertiary/aromatic N) is 1. The molecule has 0 aliphatic rings. The maximum atomic E-state index is 14.0. The molecule has 0 aliphatic heterocycles. The Balaban J connectivity index is 3.40. The second-order valence-corrected chi connectivity index (χ2v) is 9.99. The largest absolute Gasteiger partial charge is 0.459 e.